The summed E-state index contributed by atoms with van der Waals surface area (Å²) in [5, 5.41) is 14.1. The zero-order valence-corrected chi connectivity index (χ0v) is 15.4. The fraction of sp³-hybridized carbons (Fsp3) is 0.158. The Morgan fingerprint density at radius 1 is 1.27 bits per heavy atom. The van der Waals surface area contributed by atoms with E-state index in [1.54, 1.807) is 35.8 Å². The van der Waals surface area contributed by atoms with Gasteiger partial charge >= 0.3 is 0 Å². The monoisotopic (exact) mass is 386 g/mol. The molecule has 1 atom stereocenters. The molecule has 1 unspecified atom stereocenters. The van der Waals surface area contributed by atoms with Crippen LogP contribution in [0, 0.1) is 11.3 Å². The van der Waals surface area contributed by atoms with Crippen LogP contribution in [0.3, 0.4) is 0 Å². The Bertz CT molecular complexity index is 865. The van der Waals surface area contributed by atoms with Crippen molar-refractivity contribution in [1.82, 2.24) is 0 Å². The Hall–Kier alpha value is -2.59. The van der Waals surface area contributed by atoms with Gasteiger partial charge in [-0.2, -0.15) is 5.26 Å². The van der Waals surface area contributed by atoms with Gasteiger partial charge < -0.3 is 14.6 Å². The maximum Gasteiger partial charge on any atom is 0.279 e. The number of quaternary nitrogens is 1. The van der Waals surface area contributed by atoms with E-state index >= 15 is 0 Å². The predicted octanol–water partition coefficient (Wildman–Crippen LogP) is 3.09. The lowest BCUT2D eigenvalue weighted by Crippen LogP contribution is -3.10. The number of carbonyl (C=O) groups is 1. The number of amides is 1. The van der Waals surface area contributed by atoms with Gasteiger partial charge in [0.05, 0.1) is 21.7 Å². The maximum atomic E-state index is 12.5. The molecule has 0 spiro atoms. The molecule has 0 radical (unpaired) electrons. The number of thiophene rings is 1. The minimum absolute atomic E-state index is 0.121. The fourth-order valence-corrected chi connectivity index (χ4v) is 3.62. The van der Waals surface area contributed by atoms with Gasteiger partial charge in [0.25, 0.3) is 5.91 Å². The van der Waals surface area contributed by atoms with Crippen LogP contribution in [0.5, 0.6) is 0 Å². The number of rotatable bonds is 7. The molecule has 2 N–H and O–H groups in total. The van der Waals surface area contributed by atoms with Gasteiger partial charge in [-0.05, 0) is 41.8 Å². The summed E-state index contributed by atoms with van der Waals surface area (Å²) in [6.07, 6.45) is 1.64. The third-order valence-corrected chi connectivity index (χ3v) is 4.98. The van der Waals surface area contributed by atoms with Crippen LogP contribution in [0.4, 0.5) is 5.69 Å². The summed E-state index contributed by atoms with van der Waals surface area (Å²) in [7, 11) is 0. The van der Waals surface area contributed by atoms with Crippen LogP contribution in [-0.2, 0) is 17.9 Å². The highest BCUT2D eigenvalue weighted by Gasteiger charge is 2.18. The number of benzene rings is 1. The molecule has 2 aromatic heterocycles. The molecule has 0 aliphatic carbocycles. The third kappa shape index (κ3) is 4.96. The van der Waals surface area contributed by atoms with Crippen LogP contribution < -0.4 is 10.2 Å². The molecule has 5 nitrogen and oxygen atoms in total. The van der Waals surface area contributed by atoms with Crippen molar-refractivity contribution in [1.29, 1.82) is 5.26 Å². The van der Waals surface area contributed by atoms with E-state index in [4.69, 9.17) is 21.3 Å². The number of anilines is 1. The molecule has 0 fully saturated rings. The molecule has 3 rings (SSSR count). The first-order valence-corrected chi connectivity index (χ1v) is 9.27. The number of furan rings is 1. The van der Waals surface area contributed by atoms with Crippen LogP contribution in [0.15, 0.2) is 58.5 Å². The average Bonchev–Trinajstić information content (AvgIpc) is 3.29. The number of nitrogens with zero attached hydrogens (tertiary/aromatic N) is 1. The lowest BCUT2D eigenvalue weighted by Gasteiger charge is -2.17. The summed E-state index contributed by atoms with van der Waals surface area (Å²) >= 11 is 7.69. The van der Waals surface area contributed by atoms with Gasteiger partial charge in [-0.3, -0.25) is 4.79 Å². The van der Waals surface area contributed by atoms with E-state index in [0.717, 1.165) is 17.2 Å². The van der Waals surface area contributed by atoms with Gasteiger partial charge in [-0.25, -0.2) is 0 Å². The van der Waals surface area contributed by atoms with Crippen LogP contribution in [0.1, 0.15) is 16.2 Å². The highest BCUT2D eigenvalue weighted by atomic mass is 35.5. The summed E-state index contributed by atoms with van der Waals surface area (Å²) in [5.41, 5.74) is 0.958. The number of hydrogen-bond donors (Lipinski definition) is 2. The van der Waals surface area contributed by atoms with Gasteiger partial charge in [0, 0.05) is 5.69 Å². The zero-order valence-electron chi connectivity index (χ0n) is 13.9. The molecule has 2 heterocycles. The van der Waals surface area contributed by atoms with Crippen molar-refractivity contribution in [3.63, 3.8) is 0 Å². The summed E-state index contributed by atoms with van der Waals surface area (Å²) in [4.78, 5) is 14.8. The van der Waals surface area contributed by atoms with Gasteiger partial charge in [0.15, 0.2) is 12.3 Å². The minimum Gasteiger partial charge on any atom is -0.463 e. The van der Waals surface area contributed by atoms with Crippen molar-refractivity contribution in [2.45, 2.75) is 13.1 Å². The Morgan fingerprint density at radius 2 is 2.15 bits per heavy atom. The predicted molar refractivity (Wildman–Crippen MR) is 101 cm³/mol. The second kappa shape index (κ2) is 8.68. The third-order valence-electron chi connectivity index (χ3n) is 3.79. The number of hydrogen-bond acceptors (Lipinski definition) is 4. The maximum absolute atomic E-state index is 12.5. The topological polar surface area (TPSA) is 70.5 Å². The van der Waals surface area contributed by atoms with Crippen molar-refractivity contribution in [3.8, 4) is 6.07 Å². The van der Waals surface area contributed by atoms with Crippen LogP contribution >= 0.6 is 22.9 Å². The smallest absolute Gasteiger partial charge is 0.279 e. The molecule has 132 valence electrons. The molecule has 0 aliphatic heterocycles. The highest BCUT2D eigenvalue weighted by Crippen LogP contribution is 2.20. The fourth-order valence-electron chi connectivity index (χ4n) is 2.62. The highest BCUT2D eigenvalue weighted by molar-refractivity contribution is 7.09. The van der Waals surface area contributed by atoms with E-state index in [1.807, 2.05) is 29.6 Å². The number of halogens is 1. The lowest BCUT2D eigenvalue weighted by atomic mass is 10.2. The van der Waals surface area contributed by atoms with E-state index in [9.17, 15) is 4.79 Å². The van der Waals surface area contributed by atoms with Crippen molar-refractivity contribution in [3.05, 3.63) is 75.3 Å². The second-order valence-corrected chi connectivity index (χ2v) is 7.23. The number of nitrogens with one attached hydrogen (secondary N) is 2. The summed E-state index contributed by atoms with van der Waals surface area (Å²) < 4.78 is 5.43. The number of nitriles is 1. The van der Waals surface area contributed by atoms with Crippen LogP contribution in [0.2, 0.25) is 5.02 Å². The molecule has 1 aromatic carbocycles. The first kappa shape index (κ1) is 18.2. The largest absolute Gasteiger partial charge is 0.463 e. The van der Waals surface area contributed by atoms with Crippen molar-refractivity contribution < 1.29 is 14.1 Å². The lowest BCUT2D eigenvalue weighted by molar-refractivity contribution is -0.920. The molecule has 0 aliphatic rings. The summed E-state index contributed by atoms with van der Waals surface area (Å²) in [6, 6.07) is 14.7. The molecule has 0 saturated heterocycles. The Morgan fingerprint density at radius 3 is 2.81 bits per heavy atom. The molecule has 0 bridgehead atoms. The normalized spacial score (nSPS) is 11.7. The second-order valence-electron chi connectivity index (χ2n) is 5.79. The molecule has 3 aromatic rings. The van der Waals surface area contributed by atoms with Gasteiger partial charge in [0.1, 0.15) is 19.2 Å². The minimum atomic E-state index is -0.121. The first-order chi connectivity index (χ1) is 12.6. The molecule has 0 saturated carbocycles. The zero-order chi connectivity index (χ0) is 18.4. The van der Waals surface area contributed by atoms with E-state index in [-0.39, 0.29) is 12.5 Å². The standard InChI is InChI=1S/C19H16ClN3O2S/c20-18-9-15(6-5-14(18)10-21)22-19(24)13-23(11-16-3-1-7-25-16)12-17-4-2-8-26-17/h1-9H,11-13H2,(H,22,24)/p+1. The van der Waals surface area contributed by atoms with Crippen LogP contribution in [0.25, 0.3) is 0 Å². The Labute approximate surface area is 160 Å². The van der Waals surface area contributed by atoms with E-state index in [1.165, 1.54) is 4.88 Å². The summed E-state index contributed by atoms with van der Waals surface area (Å²) in [6.45, 7) is 1.64. The van der Waals surface area contributed by atoms with E-state index in [2.05, 4.69) is 11.4 Å². The Kier molecular flexibility index (Phi) is 6.08. The Balaban J connectivity index is 1.66. The van der Waals surface area contributed by atoms with Crippen molar-refractivity contribution in [2.75, 3.05) is 11.9 Å². The van der Waals surface area contributed by atoms with Gasteiger partial charge in [-0.1, -0.05) is 17.7 Å². The molecule has 7 heteroatoms. The quantitative estimate of drug-likeness (QED) is 0.655. The molecule has 1 amide bonds. The first-order valence-electron chi connectivity index (χ1n) is 8.02. The number of carbonyl (C=O) groups excluding carboxylic acids is 1. The van der Waals surface area contributed by atoms with Crippen LogP contribution in [-0.4, -0.2) is 12.5 Å². The van der Waals surface area contributed by atoms with Crippen molar-refractivity contribution in [2.24, 2.45) is 0 Å². The summed E-state index contributed by atoms with van der Waals surface area (Å²) in [5.74, 6) is 0.717. The molecule has 26 heavy (non-hydrogen) atoms. The van der Waals surface area contributed by atoms with Gasteiger partial charge in [-0.15, -0.1) is 11.3 Å². The van der Waals surface area contributed by atoms with Gasteiger partial charge in [0.2, 0.25) is 0 Å². The van der Waals surface area contributed by atoms with Crippen molar-refractivity contribution >= 4 is 34.5 Å². The average molecular weight is 387 g/mol. The molecular formula is C19H17ClN3O2S+. The molecular weight excluding hydrogens is 370 g/mol. The SMILES string of the molecule is N#Cc1ccc(NC(=O)C[NH+](Cc2ccco2)Cc2cccs2)cc1Cl. The van der Waals surface area contributed by atoms with E-state index in [0.29, 0.717) is 22.8 Å². The van der Waals surface area contributed by atoms with E-state index < -0.39 is 0 Å².